The molecule has 1 aromatic carbocycles. The number of para-hydroxylation sites is 1. The number of rotatable bonds is 9. The molecule has 2 N–H and O–H groups in total. The van der Waals surface area contributed by atoms with Crippen molar-refractivity contribution in [3.63, 3.8) is 0 Å². The van der Waals surface area contributed by atoms with Gasteiger partial charge in [-0.15, -0.1) is 13.2 Å². The van der Waals surface area contributed by atoms with Gasteiger partial charge in [-0.05, 0) is 62.8 Å². The minimum atomic E-state index is -4.90. The number of fused-ring (bicyclic) bond motifs is 2. The number of ether oxygens (including phenoxy) is 3. The Morgan fingerprint density at radius 1 is 1.03 bits per heavy atom. The lowest BCUT2D eigenvalue weighted by Gasteiger charge is -2.39. The van der Waals surface area contributed by atoms with Gasteiger partial charge in [0.1, 0.15) is 11.6 Å². The zero-order chi connectivity index (χ0) is 27.7. The fourth-order valence-corrected chi connectivity index (χ4v) is 5.56. The largest absolute Gasteiger partial charge is 0.573 e. The van der Waals surface area contributed by atoms with Crippen LogP contribution in [0.2, 0.25) is 0 Å². The predicted molar refractivity (Wildman–Crippen MR) is 136 cm³/mol. The van der Waals surface area contributed by atoms with Gasteiger partial charge in [0.05, 0.1) is 25.5 Å². The van der Waals surface area contributed by atoms with E-state index in [4.69, 9.17) is 15.2 Å². The first-order valence-electron chi connectivity index (χ1n) is 13.0. The van der Waals surface area contributed by atoms with Crippen molar-refractivity contribution in [1.29, 1.82) is 0 Å². The molecular formula is C28H30F3N3O5. The number of aromatic nitrogens is 1. The molecule has 3 heterocycles. The van der Waals surface area contributed by atoms with Crippen molar-refractivity contribution in [2.45, 2.75) is 63.1 Å². The Morgan fingerprint density at radius 2 is 1.72 bits per heavy atom. The van der Waals surface area contributed by atoms with E-state index in [1.807, 2.05) is 6.07 Å². The third-order valence-corrected chi connectivity index (χ3v) is 7.52. The molecule has 2 unspecified atom stereocenters. The molecule has 0 amide bonds. The molecule has 1 aliphatic carbocycles. The number of Topliss-reactive ketones (excluding diaryl/α,β-unsaturated/α-hetero) is 1. The summed E-state index contributed by atoms with van der Waals surface area (Å²) in [4.78, 5) is 31.8. The Balaban J connectivity index is 1.33. The molecule has 5 rings (SSSR count). The maximum atomic E-state index is 13.1. The number of methoxy groups -OCH3 is 1. The van der Waals surface area contributed by atoms with E-state index in [0.717, 1.165) is 25.7 Å². The highest BCUT2D eigenvalue weighted by Crippen LogP contribution is 2.41. The highest BCUT2D eigenvalue weighted by Gasteiger charge is 2.42. The topological polar surface area (TPSA) is 104 Å². The summed E-state index contributed by atoms with van der Waals surface area (Å²) in [6, 6.07) is 11.1. The van der Waals surface area contributed by atoms with Gasteiger partial charge in [0.15, 0.2) is 11.5 Å². The van der Waals surface area contributed by atoms with Crippen molar-refractivity contribution in [1.82, 2.24) is 4.98 Å². The van der Waals surface area contributed by atoms with Crippen LogP contribution in [0.3, 0.4) is 0 Å². The minimum Gasteiger partial charge on any atom is -0.464 e. The Kier molecular flexibility index (Phi) is 7.53. The van der Waals surface area contributed by atoms with Gasteiger partial charge in [-0.3, -0.25) is 4.79 Å². The van der Waals surface area contributed by atoms with E-state index in [1.54, 1.807) is 18.2 Å². The molecule has 3 aliphatic rings. The minimum absolute atomic E-state index is 0.00822. The van der Waals surface area contributed by atoms with Crippen LogP contribution in [-0.4, -0.2) is 55.0 Å². The zero-order valence-corrected chi connectivity index (χ0v) is 21.4. The average molecular weight is 546 g/mol. The number of piperidine rings is 1. The number of nitrogens with zero attached hydrogens (tertiary/aromatic N) is 2. The van der Waals surface area contributed by atoms with Crippen LogP contribution in [0.25, 0.3) is 5.70 Å². The maximum Gasteiger partial charge on any atom is 0.573 e. The van der Waals surface area contributed by atoms with Gasteiger partial charge in [0.25, 0.3) is 0 Å². The van der Waals surface area contributed by atoms with E-state index >= 15 is 0 Å². The summed E-state index contributed by atoms with van der Waals surface area (Å²) in [6.07, 6.45) is -0.401. The van der Waals surface area contributed by atoms with E-state index in [2.05, 4.69) is 14.6 Å². The second-order valence-corrected chi connectivity index (χ2v) is 10.1. The number of carbonyl (C=O) groups is 2. The molecule has 0 radical (unpaired) electrons. The Morgan fingerprint density at radius 3 is 2.36 bits per heavy atom. The number of nitrogens with two attached hydrogens (primary N) is 1. The molecule has 2 saturated heterocycles. The van der Waals surface area contributed by atoms with E-state index in [0.29, 0.717) is 18.7 Å². The molecule has 2 bridgehead atoms. The molecule has 2 aromatic rings. The van der Waals surface area contributed by atoms with Gasteiger partial charge >= 0.3 is 12.3 Å². The monoisotopic (exact) mass is 545 g/mol. The summed E-state index contributed by atoms with van der Waals surface area (Å²) in [5.41, 5.74) is 6.70. The first kappa shape index (κ1) is 27.0. The van der Waals surface area contributed by atoms with Gasteiger partial charge < -0.3 is 24.8 Å². The van der Waals surface area contributed by atoms with Crippen LogP contribution in [0.1, 0.15) is 54.6 Å². The second-order valence-electron chi connectivity index (χ2n) is 10.1. The number of esters is 1. The van der Waals surface area contributed by atoms with Gasteiger partial charge in [-0.25, -0.2) is 9.78 Å². The van der Waals surface area contributed by atoms with Crippen LogP contribution < -0.4 is 15.4 Å². The van der Waals surface area contributed by atoms with Crippen LogP contribution in [0, 0.1) is 5.92 Å². The van der Waals surface area contributed by atoms with E-state index in [-0.39, 0.29) is 59.0 Å². The lowest BCUT2D eigenvalue weighted by atomic mass is 9.98. The van der Waals surface area contributed by atoms with Crippen molar-refractivity contribution >= 4 is 23.3 Å². The smallest absolute Gasteiger partial charge is 0.464 e. The summed E-state index contributed by atoms with van der Waals surface area (Å²) in [6.45, 7) is -0.0955. The molecule has 11 heteroatoms. The third-order valence-electron chi connectivity index (χ3n) is 7.52. The molecule has 0 spiro atoms. The molecule has 1 saturated carbocycles. The highest BCUT2D eigenvalue weighted by molar-refractivity contribution is 6.05. The number of halogens is 3. The summed E-state index contributed by atoms with van der Waals surface area (Å²) < 4.78 is 54.1. The maximum absolute atomic E-state index is 13.1. The van der Waals surface area contributed by atoms with Gasteiger partial charge in [0, 0.05) is 29.1 Å². The number of hydrogen-bond acceptors (Lipinski definition) is 8. The number of ketones is 1. The van der Waals surface area contributed by atoms with Crippen molar-refractivity contribution in [2.24, 2.45) is 11.7 Å². The van der Waals surface area contributed by atoms with Crippen molar-refractivity contribution < 1.29 is 37.0 Å². The van der Waals surface area contributed by atoms with Crippen LogP contribution >= 0.6 is 0 Å². The van der Waals surface area contributed by atoms with Crippen LogP contribution in [-0.2, 0) is 14.3 Å². The number of pyridine rings is 1. The molecule has 8 nitrogen and oxygen atoms in total. The fraction of sp³-hybridized carbons (Fsp3) is 0.464. The van der Waals surface area contributed by atoms with Crippen LogP contribution in [0.4, 0.5) is 19.0 Å². The summed E-state index contributed by atoms with van der Waals surface area (Å²) in [5.74, 6) is -0.639. The molecule has 39 heavy (non-hydrogen) atoms. The predicted octanol–water partition coefficient (Wildman–Crippen LogP) is 4.63. The van der Waals surface area contributed by atoms with Gasteiger partial charge in [-0.2, -0.15) is 0 Å². The number of benzene rings is 1. The van der Waals surface area contributed by atoms with Crippen molar-refractivity contribution in [2.75, 3.05) is 18.6 Å². The highest BCUT2D eigenvalue weighted by atomic mass is 19.4. The number of carbonyl (C=O) groups excluding carboxylic acids is 2. The lowest BCUT2D eigenvalue weighted by Crippen LogP contribution is -2.46. The van der Waals surface area contributed by atoms with E-state index in [9.17, 15) is 22.8 Å². The van der Waals surface area contributed by atoms with Crippen LogP contribution in [0.15, 0.2) is 48.0 Å². The van der Waals surface area contributed by atoms with Crippen molar-refractivity contribution in [3.8, 4) is 5.75 Å². The first-order chi connectivity index (χ1) is 18.6. The number of hydrogen-bond donors (Lipinski definition) is 1. The summed E-state index contributed by atoms with van der Waals surface area (Å²) in [7, 11) is 1.31. The summed E-state index contributed by atoms with van der Waals surface area (Å²) in [5, 5.41) is 0. The third kappa shape index (κ3) is 6.03. The Bertz CT molecular complexity index is 1260. The second kappa shape index (κ2) is 10.9. The molecular weight excluding hydrogens is 515 g/mol. The molecule has 1 aromatic heterocycles. The van der Waals surface area contributed by atoms with Gasteiger partial charge in [-0.1, -0.05) is 18.2 Å². The fourth-order valence-electron chi connectivity index (χ4n) is 5.56. The molecule has 3 fully saturated rings. The quantitative estimate of drug-likeness (QED) is 0.359. The van der Waals surface area contributed by atoms with Gasteiger partial charge in [0.2, 0.25) is 0 Å². The Labute approximate surface area is 223 Å². The molecule has 3 atom stereocenters. The van der Waals surface area contributed by atoms with E-state index in [1.165, 1.54) is 25.3 Å². The average Bonchev–Trinajstić information content (AvgIpc) is 3.72. The summed E-state index contributed by atoms with van der Waals surface area (Å²) >= 11 is 0. The number of anilines is 1. The lowest BCUT2D eigenvalue weighted by molar-refractivity contribution is -0.274. The SMILES string of the molecule is COC(=O)c1cccc(N2C3CC[C@H]2CC(OCC(C(=O)C2CC2)=C(N)c2ccccc2OC(F)(F)F)C3)n1. The Hall–Kier alpha value is -3.60. The van der Waals surface area contributed by atoms with Crippen LogP contribution in [0.5, 0.6) is 5.75 Å². The first-order valence-corrected chi connectivity index (χ1v) is 13.0. The molecule has 208 valence electrons. The molecule has 2 aliphatic heterocycles. The van der Waals surface area contributed by atoms with Crippen molar-refractivity contribution in [3.05, 3.63) is 59.3 Å². The standard InChI is InChI=1S/C28H30F3N3O5/c1-37-27(36)22-6-4-8-24(33-22)34-17-11-12-18(34)14-19(13-17)38-15-21(26(35)16-9-10-16)25(32)20-5-2-3-7-23(20)39-28(29,30)31/h2-8,16-19H,9-15,32H2,1H3/t17-,18?,19?/m0/s1. The zero-order valence-electron chi connectivity index (χ0n) is 21.4. The number of alkyl halides is 3. The van der Waals surface area contributed by atoms with E-state index < -0.39 is 18.1 Å². The normalized spacial score (nSPS) is 23.3.